The molecule has 0 bridgehead atoms. The quantitative estimate of drug-likeness (QED) is 0.713. The van der Waals surface area contributed by atoms with Crippen LogP contribution in [-0.4, -0.2) is 36.3 Å². The van der Waals surface area contributed by atoms with Crippen LogP contribution in [0, 0.1) is 0 Å². The van der Waals surface area contributed by atoms with E-state index in [0.29, 0.717) is 19.6 Å². The number of benzene rings is 1. The van der Waals surface area contributed by atoms with E-state index in [1.54, 1.807) is 4.90 Å². The molecule has 1 aromatic carbocycles. The van der Waals surface area contributed by atoms with Crippen molar-refractivity contribution in [2.24, 2.45) is 0 Å². The third-order valence-electron chi connectivity index (χ3n) is 3.59. The van der Waals surface area contributed by atoms with E-state index in [0.717, 1.165) is 37.7 Å². The van der Waals surface area contributed by atoms with Gasteiger partial charge in [0.25, 0.3) is 0 Å². The summed E-state index contributed by atoms with van der Waals surface area (Å²) in [5.74, 6) is -0.877. The summed E-state index contributed by atoms with van der Waals surface area (Å²) in [6, 6.07) is 9.94. The van der Waals surface area contributed by atoms with E-state index in [1.165, 1.54) is 0 Å². The highest BCUT2D eigenvalue weighted by molar-refractivity contribution is 6.35. The van der Waals surface area contributed by atoms with E-state index in [4.69, 9.17) is 0 Å². The average Bonchev–Trinajstić information content (AvgIpc) is 2.55. The van der Waals surface area contributed by atoms with Gasteiger partial charge in [0, 0.05) is 19.6 Å². The van der Waals surface area contributed by atoms with Gasteiger partial charge in [0.2, 0.25) is 0 Å². The number of carbonyl (C=O) groups excluding carboxylic acids is 2. The zero-order valence-electron chi connectivity index (χ0n) is 13.8. The second kappa shape index (κ2) is 10.8. The fourth-order valence-electron chi connectivity index (χ4n) is 2.20. The minimum absolute atomic E-state index is 0.394. The minimum Gasteiger partial charge on any atom is -0.347 e. The van der Waals surface area contributed by atoms with Crippen LogP contribution in [0.4, 0.5) is 0 Å². The Morgan fingerprint density at radius 1 is 1.00 bits per heavy atom. The predicted molar refractivity (Wildman–Crippen MR) is 89.6 cm³/mol. The Bertz CT molecular complexity index is 438. The fourth-order valence-corrected chi connectivity index (χ4v) is 2.20. The van der Waals surface area contributed by atoms with E-state index >= 15 is 0 Å². The smallest absolute Gasteiger partial charge is 0.311 e. The van der Waals surface area contributed by atoms with Gasteiger partial charge in [-0.3, -0.25) is 9.59 Å². The van der Waals surface area contributed by atoms with Crippen molar-refractivity contribution in [1.29, 1.82) is 0 Å². The molecule has 122 valence electrons. The SMILES string of the molecule is CCCCN(CCCC)C(=O)C(=O)NCCc1ccccc1. The summed E-state index contributed by atoms with van der Waals surface area (Å²) in [7, 11) is 0. The summed E-state index contributed by atoms with van der Waals surface area (Å²) >= 11 is 0. The highest BCUT2D eigenvalue weighted by atomic mass is 16.2. The summed E-state index contributed by atoms with van der Waals surface area (Å²) < 4.78 is 0. The lowest BCUT2D eigenvalue weighted by Crippen LogP contribution is -2.44. The number of unbranched alkanes of at least 4 members (excludes halogenated alkanes) is 2. The molecule has 0 heterocycles. The Kier molecular flexibility index (Phi) is 8.96. The molecule has 0 saturated carbocycles. The number of hydrogen-bond donors (Lipinski definition) is 1. The van der Waals surface area contributed by atoms with Gasteiger partial charge >= 0.3 is 11.8 Å². The van der Waals surface area contributed by atoms with Gasteiger partial charge in [0.05, 0.1) is 0 Å². The number of carbonyl (C=O) groups is 2. The van der Waals surface area contributed by atoms with Crippen molar-refractivity contribution < 1.29 is 9.59 Å². The van der Waals surface area contributed by atoms with Crippen molar-refractivity contribution >= 4 is 11.8 Å². The van der Waals surface area contributed by atoms with Crippen LogP contribution >= 0.6 is 0 Å². The second-order valence-electron chi connectivity index (χ2n) is 5.49. The van der Waals surface area contributed by atoms with Crippen molar-refractivity contribution in [3.05, 3.63) is 35.9 Å². The molecule has 0 atom stereocenters. The van der Waals surface area contributed by atoms with Crippen molar-refractivity contribution in [2.45, 2.75) is 46.0 Å². The van der Waals surface area contributed by atoms with E-state index in [2.05, 4.69) is 19.2 Å². The lowest BCUT2D eigenvalue weighted by Gasteiger charge is -2.21. The maximum Gasteiger partial charge on any atom is 0.311 e. The summed E-state index contributed by atoms with van der Waals surface area (Å²) in [5, 5.41) is 2.73. The normalized spacial score (nSPS) is 10.3. The summed E-state index contributed by atoms with van der Waals surface area (Å²) in [6.45, 7) is 6.00. The van der Waals surface area contributed by atoms with Gasteiger partial charge in [-0.25, -0.2) is 0 Å². The third kappa shape index (κ3) is 6.74. The molecule has 0 aromatic heterocycles. The first-order valence-electron chi connectivity index (χ1n) is 8.30. The minimum atomic E-state index is -0.483. The van der Waals surface area contributed by atoms with Gasteiger partial charge in [0.15, 0.2) is 0 Å². The molecule has 0 aliphatic heterocycles. The van der Waals surface area contributed by atoms with Gasteiger partial charge in [-0.1, -0.05) is 57.0 Å². The lowest BCUT2D eigenvalue weighted by molar-refractivity contribution is -0.145. The zero-order chi connectivity index (χ0) is 16.2. The first-order chi connectivity index (χ1) is 10.7. The van der Waals surface area contributed by atoms with Gasteiger partial charge in [-0.15, -0.1) is 0 Å². The third-order valence-corrected chi connectivity index (χ3v) is 3.59. The van der Waals surface area contributed by atoms with Crippen LogP contribution in [0.5, 0.6) is 0 Å². The highest BCUT2D eigenvalue weighted by Crippen LogP contribution is 2.01. The monoisotopic (exact) mass is 304 g/mol. The van der Waals surface area contributed by atoms with Crippen molar-refractivity contribution in [1.82, 2.24) is 10.2 Å². The topological polar surface area (TPSA) is 49.4 Å². The van der Waals surface area contributed by atoms with Crippen LogP contribution in [-0.2, 0) is 16.0 Å². The molecular weight excluding hydrogens is 276 g/mol. The molecule has 0 unspecified atom stereocenters. The highest BCUT2D eigenvalue weighted by Gasteiger charge is 2.20. The van der Waals surface area contributed by atoms with Gasteiger partial charge in [-0.05, 0) is 24.8 Å². The Morgan fingerprint density at radius 3 is 2.14 bits per heavy atom. The molecule has 0 fully saturated rings. The summed E-state index contributed by atoms with van der Waals surface area (Å²) in [6.07, 6.45) is 4.65. The average molecular weight is 304 g/mol. The van der Waals surface area contributed by atoms with E-state index in [9.17, 15) is 9.59 Å². The van der Waals surface area contributed by atoms with Crippen LogP contribution in [0.3, 0.4) is 0 Å². The molecule has 1 aromatic rings. The first kappa shape index (κ1) is 18.2. The van der Waals surface area contributed by atoms with Gasteiger partial charge < -0.3 is 10.2 Å². The summed E-state index contributed by atoms with van der Waals surface area (Å²) in [4.78, 5) is 25.9. The van der Waals surface area contributed by atoms with E-state index in [1.807, 2.05) is 30.3 Å². The Morgan fingerprint density at radius 2 is 1.59 bits per heavy atom. The van der Waals surface area contributed by atoms with Gasteiger partial charge in [0.1, 0.15) is 0 Å². The molecule has 4 heteroatoms. The van der Waals surface area contributed by atoms with Crippen LogP contribution in [0.1, 0.15) is 45.1 Å². The molecule has 22 heavy (non-hydrogen) atoms. The largest absolute Gasteiger partial charge is 0.347 e. The molecule has 1 rings (SSSR count). The standard InChI is InChI=1S/C18H28N2O2/c1-3-5-14-20(15-6-4-2)18(22)17(21)19-13-12-16-10-8-7-9-11-16/h7-11H,3-6,12-15H2,1-2H3,(H,19,21). The molecule has 0 aliphatic carbocycles. The van der Waals surface area contributed by atoms with Crippen LogP contribution in [0.25, 0.3) is 0 Å². The molecule has 1 N–H and O–H groups in total. The number of hydrogen-bond acceptors (Lipinski definition) is 2. The number of rotatable bonds is 9. The van der Waals surface area contributed by atoms with E-state index in [-0.39, 0.29) is 0 Å². The Hall–Kier alpha value is -1.84. The summed E-state index contributed by atoms with van der Waals surface area (Å²) in [5.41, 5.74) is 1.16. The molecular formula is C18H28N2O2. The molecule has 0 spiro atoms. The molecule has 2 amide bonds. The Balaban J connectivity index is 2.41. The molecule has 0 aliphatic rings. The maximum absolute atomic E-state index is 12.2. The molecule has 0 saturated heterocycles. The zero-order valence-corrected chi connectivity index (χ0v) is 13.8. The Labute approximate surface area is 133 Å². The molecule has 0 radical (unpaired) electrons. The van der Waals surface area contributed by atoms with Crippen molar-refractivity contribution in [3.8, 4) is 0 Å². The van der Waals surface area contributed by atoms with Crippen molar-refractivity contribution in [2.75, 3.05) is 19.6 Å². The molecule has 4 nitrogen and oxygen atoms in total. The van der Waals surface area contributed by atoms with Crippen LogP contribution in [0.15, 0.2) is 30.3 Å². The van der Waals surface area contributed by atoms with E-state index < -0.39 is 11.8 Å². The van der Waals surface area contributed by atoms with Crippen LogP contribution < -0.4 is 5.32 Å². The lowest BCUT2D eigenvalue weighted by atomic mass is 10.1. The van der Waals surface area contributed by atoms with Gasteiger partial charge in [-0.2, -0.15) is 0 Å². The second-order valence-corrected chi connectivity index (χ2v) is 5.49. The number of nitrogens with zero attached hydrogens (tertiary/aromatic N) is 1. The predicted octanol–water partition coefficient (Wildman–Crippen LogP) is 2.77. The first-order valence-corrected chi connectivity index (χ1v) is 8.30. The number of nitrogens with one attached hydrogen (secondary N) is 1. The van der Waals surface area contributed by atoms with Crippen LogP contribution in [0.2, 0.25) is 0 Å². The fraction of sp³-hybridized carbons (Fsp3) is 0.556. The number of amides is 2. The maximum atomic E-state index is 12.2. The van der Waals surface area contributed by atoms with Crippen molar-refractivity contribution in [3.63, 3.8) is 0 Å².